The molecule has 0 aliphatic rings. The third kappa shape index (κ3) is 1.45. The summed E-state index contributed by atoms with van der Waals surface area (Å²) < 4.78 is 6.07. The first-order valence-corrected chi connectivity index (χ1v) is 4.96. The Morgan fingerprint density at radius 3 is 2.86 bits per heavy atom. The monoisotopic (exact) mass is 300 g/mol. The Morgan fingerprint density at radius 2 is 2.14 bits per heavy atom. The number of aldehydes is 1. The van der Waals surface area contributed by atoms with E-state index in [0.29, 0.717) is 17.3 Å². The van der Waals surface area contributed by atoms with Gasteiger partial charge in [0.25, 0.3) is 0 Å². The van der Waals surface area contributed by atoms with Crippen molar-refractivity contribution in [3.05, 3.63) is 43.8 Å². The molecule has 70 valence electrons. The highest BCUT2D eigenvalue weighted by Crippen LogP contribution is 2.14. The summed E-state index contributed by atoms with van der Waals surface area (Å²) in [6, 6.07) is 5.26. The second-order valence-corrected chi connectivity index (χ2v) is 4.02. The molecule has 0 saturated carbocycles. The predicted molar refractivity (Wildman–Crippen MR) is 60.6 cm³/mol. The standard InChI is InChI=1S/C10H5IO3/c11-7-1-2-9-8(3-7)10(13)6(4-12)5-14-9/h1-5H. The van der Waals surface area contributed by atoms with Crippen LogP contribution in [-0.4, -0.2) is 6.29 Å². The SMILES string of the molecule is O=Cc1coc2ccc(I)cc2c1=O. The number of fused-ring (bicyclic) bond motifs is 1. The number of benzene rings is 1. The van der Waals surface area contributed by atoms with E-state index in [1.54, 1.807) is 12.1 Å². The Bertz CT molecular complexity index is 557. The molecule has 0 N–H and O–H groups in total. The lowest BCUT2D eigenvalue weighted by Gasteiger charge is -1.97. The maximum Gasteiger partial charge on any atom is 0.203 e. The molecule has 0 radical (unpaired) electrons. The zero-order valence-corrected chi connectivity index (χ0v) is 9.15. The maximum atomic E-state index is 11.6. The Morgan fingerprint density at radius 1 is 1.36 bits per heavy atom. The first-order chi connectivity index (χ1) is 6.72. The van der Waals surface area contributed by atoms with Gasteiger partial charge in [-0.3, -0.25) is 9.59 Å². The molecule has 0 unspecified atom stereocenters. The van der Waals surface area contributed by atoms with Crippen LogP contribution in [0.5, 0.6) is 0 Å². The van der Waals surface area contributed by atoms with E-state index in [1.807, 2.05) is 6.07 Å². The molecule has 0 aliphatic carbocycles. The van der Waals surface area contributed by atoms with Crippen LogP contribution in [0.1, 0.15) is 10.4 Å². The quantitative estimate of drug-likeness (QED) is 0.599. The highest BCUT2D eigenvalue weighted by atomic mass is 127. The summed E-state index contributed by atoms with van der Waals surface area (Å²) in [6.45, 7) is 0. The minimum Gasteiger partial charge on any atom is -0.463 e. The van der Waals surface area contributed by atoms with Crippen LogP contribution in [0.25, 0.3) is 11.0 Å². The van der Waals surface area contributed by atoms with Crippen LogP contribution < -0.4 is 5.43 Å². The second-order valence-electron chi connectivity index (χ2n) is 2.78. The molecule has 0 fully saturated rings. The van der Waals surface area contributed by atoms with Crippen molar-refractivity contribution in [1.29, 1.82) is 0 Å². The summed E-state index contributed by atoms with van der Waals surface area (Å²) in [6.07, 6.45) is 1.69. The lowest BCUT2D eigenvalue weighted by Crippen LogP contribution is -2.07. The fourth-order valence-electron chi connectivity index (χ4n) is 1.20. The average Bonchev–Trinajstić information content (AvgIpc) is 2.20. The number of carbonyl (C=O) groups is 1. The Kier molecular flexibility index (Phi) is 2.37. The van der Waals surface area contributed by atoms with Crippen LogP contribution in [-0.2, 0) is 0 Å². The van der Waals surface area contributed by atoms with Gasteiger partial charge in [0.1, 0.15) is 11.8 Å². The molecule has 2 rings (SSSR count). The van der Waals surface area contributed by atoms with Crippen LogP contribution in [0.15, 0.2) is 33.7 Å². The summed E-state index contributed by atoms with van der Waals surface area (Å²) in [4.78, 5) is 22.1. The van der Waals surface area contributed by atoms with Gasteiger partial charge in [0.2, 0.25) is 5.43 Å². The molecule has 0 spiro atoms. The minimum absolute atomic E-state index is 0.0551. The molecule has 2 aromatic rings. The van der Waals surface area contributed by atoms with E-state index in [2.05, 4.69) is 22.6 Å². The van der Waals surface area contributed by atoms with Gasteiger partial charge in [0, 0.05) is 3.57 Å². The fourth-order valence-corrected chi connectivity index (χ4v) is 1.69. The van der Waals surface area contributed by atoms with Crippen LogP contribution in [0.2, 0.25) is 0 Å². The van der Waals surface area contributed by atoms with E-state index in [-0.39, 0.29) is 11.0 Å². The third-order valence-corrected chi connectivity index (χ3v) is 2.56. The molecule has 1 aromatic heterocycles. The van der Waals surface area contributed by atoms with E-state index in [1.165, 1.54) is 6.26 Å². The smallest absolute Gasteiger partial charge is 0.203 e. The van der Waals surface area contributed by atoms with Gasteiger partial charge in [-0.1, -0.05) is 0 Å². The normalized spacial score (nSPS) is 10.4. The topological polar surface area (TPSA) is 47.3 Å². The molecule has 14 heavy (non-hydrogen) atoms. The van der Waals surface area contributed by atoms with Gasteiger partial charge in [-0.15, -0.1) is 0 Å². The summed E-state index contributed by atoms with van der Waals surface area (Å²) in [5, 5.41) is 0.446. The highest BCUT2D eigenvalue weighted by molar-refractivity contribution is 14.1. The molecule has 0 aliphatic heterocycles. The molecule has 0 atom stereocenters. The lowest BCUT2D eigenvalue weighted by atomic mass is 10.2. The molecule has 1 heterocycles. The highest BCUT2D eigenvalue weighted by Gasteiger charge is 2.05. The summed E-state index contributed by atoms with van der Waals surface area (Å²) in [5.74, 6) is 0. The van der Waals surface area contributed by atoms with Gasteiger partial charge in [0.15, 0.2) is 6.29 Å². The van der Waals surface area contributed by atoms with E-state index in [4.69, 9.17) is 4.42 Å². The number of halogens is 1. The molecule has 0 amide bonds. The third-order valence-electron chi connectivity index (χ3n) is 1.89. The zero-order valence-electron chi connectivity index (χ0n) is 6.99. The number of hydrogen-bond acceptors (Lipinski definition) is 3. The van der Waals surface area contributed by atoms with E-state index >= 15 is 0 Å². The van der Waals surface area contributed by atoms with Crippen molar-refractivity contribution in [2.45, 2.75) is 0 Å². The van der Waals surface area contributed by atoms with Crippen molar-refractivity contribution < 1.29 is 9.21 Å². The molecule has 0 bridgehead atoms. The molecule has 1 aromatic carbocycles. The van der Waals surface area contributed by atoms with Gasteiger partial charge in [-0.25, -0.2) is 0 Å². The van der Waals surface area contributed by atoms with E-state index in [9.17, 15) is 9.59 Å². The van der Waals surface area contributed by atoms with Crippen molar-refractivity contribution in [3.63, 3.8) is 0 Å². The second kappa shape index (κ2) is 3.53. The van der Waals surface area contributed by atoms with Crippen molar-refractivity contribution in [3.8, 4) is 0 Å². The van der Waals surface area contributed by atoms with Crippen molar-refractivity contribution >= 4 is 39.8 Å². The zero-order chi connectivity index (χ0) is 10.1. The van der Waals surface area contributed by atoms with Gasteiger partial charge < -0.3 is 4.42 Å². The van der Waals surface area contributed by atoms with Gasteiger partial charge >= 0.3 is 0 Å². The van der Waals surface area contributed by atoms with Crippen LogP contribution >= 0.6 is 22.6 Å². The first kappa shape index (κ1) is 9.39. The van der Waals surface area contributed by atoms with Gasteiger partial charge in [-0.2, -0.15) is 0 Å². The Hall–Kier alpha value is -1.17. The molecule has 3 nitrogen and oxygen atoms in total. The molecule has 4 heteroatoms. The van der Waals surface area contributed by atoms with Gasteiger partial charge in [0.05, 0.1) is 10.9 Å². The van der Waals surface area contributed by atoms with Crippen molar-refractivity contribution in [2.24, 2.45) is 0 Å². The maximum absolute atomic E-state index is 11.6. The average molecular weight is 300 g/mol. The minimum atomic E-state index is -0.278. The van der Waals surface area contributed by atoms with E-state index in [0.717, 1.165) is 3.57 Å². The number of hydrogen-bond donors (Lipinski definition) is 0. The van der Waals surface area contributed by atoms with Gasteiger partial charge in [-0.05, 0) is 40.8 Å². The van der Waals surface area contributed by atoms with Crippen LogP contribution in [0.3, 0.4) is 0 Å². The molecular formula is C10H5IO3. The number of rotatable bonds is 1. The molecule has 0 saturated heterocycles. The van der Waals surface area contributed by atoms with Crippen LogP contribution in [0.4, 0.5) is 0 Å². The predicted octanol–water partition coefficient (Wildman–Crippen LogP) is 2.21. The van der Waals surface area contributed by atoms with Crippen molar-refractivity contribution in [2.75, 3.05) is 0 Å². The lowest BCUT2D eigenvalue weighted by molar-refractivity contribution is 0.112. The van der Waals surface area contributed by atoms with E-state index < -0.39 is 0 Å². The first-order valence-electron chi connectivity index (χ1n) is 3.88. The Labute approximate surface area is 92.9 Å². The fraction of sp³-hybridized carbons (Fsp3) is 0. The summed E-state index contributed by atoms with van der Waals surface area (Å²) in [7, 11) is 0. The van der Waals surface area contributed by atoms with Crippen LogP contribution in [0, 0.1) is 3.57 Å². The summed E-state index contributed by atoms with van der Waals surface area (Å²) in [5.41, 5.74) is 0.278. The van der Waals surface area contributed by atoms with Crippen molar-refractivity contribution in [1.82, 2.24) is 0 Å². The Balaban J connectivity index is 2.93. The number of carbonyl (C=O) groups excluding carboxylic acids is 1. The largest absolute Gasteiger partial charge is 0.463 e. The summed E-state index contributed by atoms with van der Waals surface area (Å²) >= 11 is 2.10. The molecular weight excluding hydrogens is 295 g/mol.